The Labute approximate surface area is 96.9 Å². The minimum Gasteiger partial charge on any atom is -0.476 e. The van der Waals surface area contributed by atoms with E-state index in [-0.39, 0.29) is 12.0 Å². The summed E-state index contributed by atoms with van der Waals surface area (Å²) in [5.74, 6) is 1.33. The first kappa shape index (κ1) is 12.8. The molecule has 1 N–H and O–H groups in total. The van der Waals surface area contributed by atoms with E-state index in [0.717, 1.165) is 19.0 Å². The third-order valence-corrected chi connectivity index (χ3v) is 3.40. The molecule has 0 radical (unpaired) electrons. The fraction of sp³-hybridized carbons (Fsp3) is 0.833. The lowest BCUT2D eigenvalue weighted by atomic mass is 9.75. The van der Waals surface area contributed by atoms with Crippen LogP contribution in [0.25, 0.3) is 4.98 Å². The number of hydrogen-bond donors (Lipinski definition) is 1. The Balaban J connectivity index is 2.65. The third kappa shape index (κ3) is 3.41. The molecule has 0 aromatic heterocycles. The molecule has 3 atom stereocenters. The van der Waals surface area contributed by atoms with Gasteiger partial charge < -0.3 is 9.84 Å². The Hall–Kier alpha value is -1.24. The summed E-state index contributed by atoms with van der Waals surface area (Å²) in [5.41, 5.74) is 0. The summed E-state index contributed by atoms with van der Waals surface area (Å²) in [6, 6.07) is 0. The van der Waals surface area contributed by atoms with E-state index in [4.69, 9.17) is 10.1 Å². The number of nitrogens with zero attached hydrogens (tertiary/aromatic N) is 2. The maximum Gasteiger partial charge on any atom is 0.429 e. The van der Waals surface area contributed by atoms with E-state index in [1.54, 1.807) is 0 Å². The lowest BCUT2D eigenvalue weighted by Crippen LogP contribution is -2.34. The van der Waals surface area contributed by atoms with Gasteiger partial charge in [0.1, 0.15) is 6.10 Å². The first-order valence-electron chi connectivity index (χ1n) is 5.94. The molecule has 1 saturated carbocycles. The topological polar surface area (TPSA) is 57.6 Å². The molecule has 0 heterocycles. The van der Waals surface area contributed by atoms with Crippen LogP contribution in [0.3, 0.4) is 0 Å². The fourth-order valence-corrected chi connectivity index (χ4v) is 2.49. The Bertz CT molecular complexity index is 294. The maximum absolute atomic E-state index is 9.37. The normalized spacial score (nSPS) is 31.2. The average Bonchev–Trinajstić information content (AvgIpc) is 2.17. The molecule has 0 aromatic carbocycles. The minimum atomic E-state index is -0.299. The smallest absolute Gasteiger partial charge is 0.429 e. The number of aliphatic hydroxyl groups is 1. The van der Waals surface area contributed by atoms with E-state index in [2.05, 4.69) is 25.7 Å². The van der Waals surface area contributed by atoms with Crippen molar-refractivity contribution < 1.29 is 9.84 Å². The molecule has 0 amide bonds. The third-order valence-electron chi connectivity index (χ3n) is 3.40. The predicted molar refractivity (Wildman–Crippen MR) is 62.0 cm³/mol. The summed E-state index contributed by atoms with van der Waals surface area (Å²) in [5, 5.41) is 17.7. The fourth-order valence-electron chi connectivity index (χ4n) is 2.49. The zero-order valence-corrected chi connectivity index (χ0v) is 10.3. The molecule has 90 valence electrons. The van der Waals surface area contributed by atoms with Gasteiger partial charge in [0.05, 0.1) is 0 Å². The first-order chi connectivity index (χ1) is 7.54. The summed E-state index contributed by atoms with van der Waals surface area (Å²) in [7, 11) is 0. The van der Waals surface area contributed by atoms with Crippen LogP contribution in [0, 0.1) is 23.1 Å². The van der Waals surface area contributed by atoms with E-state index in [9.17, 15) is 5.11 Å². The minimum absolute atomic E-state index is 0.0294. The van der Waals surface area contributed by atoms with Gasteiger partial charge in [0, 0.05) is 0 Å². The van der Waals surface area contributed by atoms with Gasteiger partial charge in [0.25, 0.3) is 0 Å². The van der Waals surface area contributed by atoms with Gasteiger partial charge in [0.2, 0.25) is 5.39 Å². The second-order valence-corrected chi connectivity index (χ2v) is 5.07. The van der Waals surface area contributed by atoms with Crippen molar-refractivity contribution in [3.05, 3.63) is 17.1 Å². The molecule has 1 aliphatic rings. The molecule has 0 aliphatic heterocycles. The van der Waals surface area contributed by atoms with Crippen LogP contribution >= 0.6 is 0 Å². The van der Waals surface area contributed by atoms with E-state index < -0.39 is 0 Å². The van der Waals surface area contributed by atoms with Crippen molar-refractivity contribution >= 4 is 0 Å². The van der Waals surface area contributed by atoms with Crippen LogP contribution < -0.4 is 0 Å². The largest absolute Gasteiger partial charge is 0.476 e. The second-order valence-electron chi connectivity index (χ2n) is 5.07. The molecule has 0 spiro atoms. The molecule has 16 heavy (non-hydrogen) atoms. The van der Waals surface area contributed by atoms with Crippen LogP contribution in [0.2, 0.25) is 0 Å². The molecule has 0 bridgehead atoms. The van der Waals surface area contributed by atoms with Crippen molar-refractivity contribution in [1.29, 1.82) is 5.39 Å². The lowest BCUT2D eigenvalue weighted by Gasteiger charge is -2.36. The van der Waals surface area contributed by atoms with Crippen LogP contribution in [0.5, 0.6) is 0 Å². The van der Waals surface area contributed by atoms with Crippen LogP contribution in [-0.4, -0.2) is 11.2 Å². The monoisotopic (exact) mass is 225 g/mol. The summed E-state index contributed by atoms with van der Waals surface area (Å²) in [4.78, 5) is 2.75. The molecule has 0 unspecified atom stereocenters. The number of diazo groups is 1. The Morgan fingerprint density at radius 1 is 1.50 bits per heavy atom. The highest BCUT2D eigenvalue weighted by molar-refractivity contribution is 4.91. The van der Waals surface area contributed by atoms with Gasteiger partial charge in [-0.05, 0) is 30.6 Å². The summed E-state index contributed by atoms with van der Waals surface area (Å²) in [6.45, 7) is 6.55. The average molecular weight is 225 g/mol. The molecule has 4 heteroatoms. The number of hydrogen-bond acceptors (Lipinski definition) is 3. The number of aliphatic hydroxyl groups excluding tert-OH is 1. The van der Waals surface area contributed by atoms with Crippen LogP contribution in [-0.2, 0) is 4.74 Å². The van der Waals surface area contributed by atoms with E-state index in [1.807, 2.05) is 0 Å². The Kier molecular flexibility index (Phi) is 4.60. The van der Waals surface area contributed by atoms with Crippen molar-refractivity contribution in [2.75, 3.05) is 0 Å². The van der Waals surface area contributed by atoms with Gasteiger partial charge in [0.15, 0.2) is 4.98 Å². The number of ether oxygens (including phenoxy) is 1. The van der Waals surface area contributed by atoms with Crippen LogP contribution in [0.4, 0.5) is 0 Å². The highest BCUT2D eigenvalue weighted by atomic mass is 16.6. The van der Waals surface area contributed by atoms with Gasteiger partial charge in [-0.25, -0.2) is 0 Å². The molecular formula is C12H21N2O2+. The maximum atomic E-state index is 9.37. The van der Waals surface area contributed by atoms with Gasteiger partial charge in [-0.3, -0.25) is 0 Å². The quantitative estimate of drug-likeness (QED) is 0.589. The zero-order valence-electron chi connectivity index (χ0n) is 10.3. The zero-order chi connectivity index (χ0) is 12.1. The first-order valence-corrected chi connectivity index (χ1v) is 5.94. The molecule has 4 nitrogen and oxygen atoms in total. The summed E-state index contributed by atoms with van der Waals surface area (Å²) >= 11 is 0. The van der Waals surface area contributed by atoms with E-state index in [0.29, 0.717) is 17.8 Å². The van der Waals surface area contributed by atoms with Gasteiger partial charge in [-0.2, -0.15) is 0 Å². The number of rotatable bonds is 3. The van der Waals surface area contributed by atoms with Crippen molar-refractivity contribution in [2.24, 2.45) is 17.8 Å². The molecule has 1 rings (SSSR count). The van der Waals surface area contributed by atoms with Crippen molar-refractivity contribution in [3.8, 4) is 0 Å². The van der Waals surface area contributed by atoms with Crippen LogP contribution in [0.15, 0.2) is 12.1 Å². The van der Waals surface area contributed by atoms with Crippen molar-refractivity contribution in [3.63, 3.8) is 0 Å². The van der Waals surface area contributed by atoms with Crippen molar-refractivity contribution in [2.45, 2.75) is 46.1 Å². The summed E-state index contributed by atoms with van der Waals surface area (Å²) in [6.07, 6.45) is 4.26. The Morgan fingerprint density at radius 2 is 2.19 bits per heavy atom. The second kappa shape index (κ2) is 5.74. The molecular weight excluding hydrogens is 204 g/mol. The van der Waals surface area contributed by atoms with E-state index in [1.165, 1.54) is 6.42 Å². The molecule has 1 fully saturated rings. The molecule has 1 aliphatic carbocycles. The van der Waals surface area contributed by atoms with Crippen LogP contribution in [0.1, 0.15) is 40.0 Å². The van der Waals surface area contributed by atoms with Gasteiger partial charge >= 0.3 is 12.1 Å². The Morgan fingerprint density at radius 3 is 2.75 bits per heavy atom. The highest BCUT2D eigenvalue weighted by Crippen LogP contribution is 2.35. The summed E-state index contributed by atoms with van der Waals surface area (Å²) < 4.78 is 5.44. The van der Waals surface area contributed by atoms with E-state index >= 15 is 0 Å². The lowest BCUT2D eigenvalue weighted by molar-refractivity contribution is -0.0438. The van der Waals surface area contributed by atoms with Crippen molar-refractivity contribution in [1.82, 2.24) is 0 Å². The highest BCUT2D eigenvalue weighted by Gasteiger charge is 2.33. The standard InChI is InChI=1S/C12H20N2O2/c1-8(2)10-5-4-9(3)6-11(10)16-12(15)7-14-13/h7-11H,4-6H2,1-3H3/p+1/b12-7+/t9-,10+,11-/m1/s1. The predicted octanol–water partition coefficient (Wildman–Crippen LogP) is 3.67. The molecule has 0 aromatic rings. The van der Waals surface area contributed by atoms with Gasteiger partial charge in [-0.1, -0.05) is 27.2 Å². The van der Waals surface area contributed by atoms with Gasteiger partial charge in [-0.15, -0.1) is 0 Å². The molecule has 0 saturated heterocycles. The SMILES string of the molecule is CC(C)[C@@H]1CC[C@@H](C)C[C@H]1O/C(O)=C/[N+]#N.